The highest BCUT2D eigenvalue weighted by atomic mass is 14.0. The van der Waals surface area contributed by atoms with E-state index in [0.717, 1.165) is 12.8 Å². The van der Waals surface area contributed by atoms with E-state index in [-0.39, 0.29) is 0 Å². The second kappa shape index (κ2) is 10.5. The van der Waals surface area contributed by atoms with Gasteiger partial charge in [-0.1, -0.05) is 75.3 Å². The van der Waals surface area contributed by atoms with Crippen LogP contribution in [-0.2, 0) is 0 Å². The minimum atomic E-state index is 1.11. The van der Waals surface area contributed by atoms with Crippen LogP contribution in [0.2, 0.25) is 0 Å². The maximum atomic E-state index is 3.91. The predicted octanol–water partition coefficient (Wildman–Crippen LogP) is 5.59. The monoisotopic (exact) mass is 218 g/mol. The predicted molar refractivity (Wildman–Crippen MR) is 75.6 cm³/mol. The average molecular weight is 218 g/mol. The van der Waals surface area contributed by atoms with Crippen molar-refractivity contribution in [3.8, 4) is 0 Å². The van der Waals surface area contributed by atoms with Crippen LogP contribution in [0, 0.1) is 0 Å². The maximum Gasteiger partial charge on any atom is -0.0285 e. The molecule has 0 rings (SSSR count). The molecule has 0 aliphatic rings. The first-order chi connectivity index (χ1) is 7.70. The minimum absolute atomic E-state index is 1.11. The van der Waals surface area contributed by atoms with Crippen molar-refractivity contribution in [2.75, 3.05) is 0 Å². The van der Waals surface area contributed by atoms with Crippen molar-refractivity contribution < 1.29 is 0 Å². The normalized spacial score (nSPS) is 9.75. The van der Waals surface area contributed by atoms with Gasteiger partial charge in [0, 0.05) is 0 Å². The van der Waals surface area contributed by atoms with Gasteiger partial charge >= 0.3 is 0 Å². The SMILES string of the molecule is C=CC(=C)CCCCCCCCC(=C)C=C. The zero-order valence-electron chi connectivity index (χ0n) is 10.6. The Bertz CT molecular complexity index is 206. The van der Waals surface area contributed by atoms with Crippen molar-refractivity contribution in [2.24, 2.45) is 0 Å². The molecule has 0 heteroatoms. The highest BCUT2D eigenvalue weighted by Crippen LogP contribution is 2.13. The molecule has 90 valence electrons. The Kier molecular flexibility index (Phi) is 9.80. The third kappa shape index (κ3) is 9.51. The van der Waals surface area contributed by atoms with E-state index in [9.17, 15) is 0 Å². The van der Waals surface area contributed by atoms with Crippen LogP contribution in [0.3, 0.4) is 0 Å². The molecule has 0 saturated heterocycles. The van der Waals surface area contributed by atoms with Crippen molar-refractivity contribution in [1.29, 1.82) is 0 Å². The van der Waals surface area contributed by atoms with E-state index in [1.807, 2.05) is 12.2 Å². The third-order valence-corrected chi connectivity index (χ3v) is 2.82. The van der Waals surface area contributed by atoms with E-state index < -0.39 is 0 Å². The lowest BCUT2D eigenvalue weighted by atomic mass is 10.0. The number of allylic oxidation sites excluding steroid dienone is 4. The van der Waals surface area contributed by atoms with E-state index in [4.69, 9.17) is 0 Å². The van der Waals surface area contributed by atoms with Crippen LogP contribution in [0.5, 0.6) is 0 Å². The molecule has 0 fully saturated rings. The second-order valence-corrected chi connectivity index (χ2v) is 4.35. The van der Waals surface area contributed by atoms with Crippen LogP contribution in [0.4, 0.5) is 0 Å². The molecule has 0 radical (unpaired) electrons. The molecule has 0 nitrogen and oxygen atoms in total. The van der Waals surface area contributed by atoms with Crippen molar-refractivity contribution in [3.05, 3.63) is 49.6 Å². The molecule has 0 aliphatic heterocycles. The topological polar surface area (TPSA) is 0 Å². The quantitative estimate of drug-likeness (QED) is 0.313. The van der Waals surface area contributed by atoms with E-state index in [1.54, 1.807) is 0 Å². The molecule has 0 heterocycles. The summed E-state index contributed by atoms with van der Waals surface area (Å²) in [6, 6.07) is 0. The molecular formula is C16H26. The van der Waals surface area contributed by atoms with E-state index in [1.165, 1.54) is 49.7 Å². The fraction of sp³-hybridized carbons (Fsp3) is 0.500. The number of unbranched alkanes of at least 4 members (excludes halogenated alkanes) is 5. The van der Waals surface area contributed by atoms with E-state index in [2.05, 4.69) is 26.3 Å². The third-order valence-electron chi connectivity index (χ3n) is 2.82. The first kappa shape index (κ1) is 15.0. The molecule has 0 N–H and O–H groups in total. The molecular weight excluding hydrogens is 192 g/mol. The molecule has 0 saturated carbocycles. The summed E-state index contributed by atoms with van der Waals surface area (Å²) in [7, 11) is 0. The van der Waals surface area contributed by atoms with Gasteiger partial charge in [-0.3, -0.25) is 0 Å². The van der Waals surface area contributed by atoms with Crippen LogP contribution in [-0.4, -0.2) is 0 Å². The van der Waals surface area contributed by atoms with E-state index in [0.29, 0.717) is 0 Å². The Morgan fingerprint density at radius 3 is 1.25 bits per heavy atom. The smallest absolute Gasteiger partial charge is 0.0285 e. The fourth-order valence-electron chi connectivity index (χ4n) is 1.62. The average Bonchev–Trinajstić information content (AvgIpc) is 2.31. The Morgan fingerprint density at radius 1 is 0.625 bits per heavy atom. The van der Waals surface area contributed by atoms with E-state index >= 15 is 0 Å². The van der Waals surface area contributed by atoms with Crippen LogP contribution >= 0.6 is 0 Å². The summed E-state index contributed by atoms with van der Waals surface area (Å²) < 4.78 is 0. The van der Waals surface area contributed by atoms with Gasteiger partial charge in [0.25, 0.3) is 0 Å². The number of hydrogen-bond acceptors (Lipinski definition) is 0. The summed E-state index contributed by atoms with van der Waals surface area (Å²) in [5.41, 5.74) is 2.34. The molecule has 0 aliphatic carbocycles. The van der Waals surface area contributed by atoms with Crippen LogP contribution in [0.1, 0.15) is 51.4 Å². The van der Waals surface area contributed by atoms with Gasteiger partial charge in [0.05, 0.1) is 0 Å². The molecule has 16 heavy (non-hydrogen) atoms. The van der Waals surface area contributed by atoms with Crippen molar-refractivity contribution in [3.63, 3.8) is 0 Å². The number of hydrogen-bond donors (Lipinski definition) is 0. The molecule has 0 aromatic rings. The summed E-state index contributed by atoms with van der Waals surface area (Å²) >= 11 is 0. The maximum absolute atomic E-state index is 3.91. The Labute approximate surface area is 101 Å². The molecule has 0 aromatic carbocycles. The first-order valence-corrected chi connectivity index (χ1v) is 6.31. The molecule has 0 aromatic heterocycles. The van der Waals surface area contributed by atoms with Crippen molar-refractivity contribution >= 4 is 0 Å². The minimum Gasteiger partial charge on any atom is -0.0988 e. The highest BCUT2D eigenvalue weighted by Gasteiger charge is 1.93. The van der Waals surface area contributed by atoms with Crippen LogP contribution in [0.15, 0.2) is 49.6 Å². The Morgan fingerprint density at radius 2 is 0.938 bits per heavy atom. The lowest BCUT2D eigenvalue weighted by Gasteiger charge is -2.02. The summed E-state index contributed by atoms with van der Waals surface area (Å²) in [5.74, 6) is 0. The summed E-state index contributed by atoms with van der Waals surface area (Å²) in [6.07, 6.45) is 13.8. The molecule has 0 unspecified atom stereocenters. The van der Waals surface area contributed by atoms with Crippen LogP contribution < -0.4 is 0 Å². The van der Waals surface area contributed by atoms with Crippen LogP contribution in [0.25, 0.3) is 0 Å². The first-order valence-electron chi connectivity index (χ1n) is 6.31. The van der Waals surface area contributed by atoms with Gasteiger partial charge in [0.15, 0.2) is 0 Å². The van der Waals surface area contributed by atoms with Gasteiger partial charge < -0.3 is 0 Å². The second-order valence-electron chi connectivity index (χ2n) is 4.35. The Hall–Kier alpha value is -1.04. The van der Waals surface area contributed by atoms with Gasteiger partial charge in [-0.05, 0) is 25.7 Å². The molecule has 0 amide bonds. The zero-order chi connectivity index (χ0) is 12.2. The molecule has 0 spiro atoms. The van der Waals surface area contributed by atoms with Crippen molar-refractivity contribution in [1.82, 2.24) is 0 Å². The van der Waals surface area contributed by atoms with Gasteiger partial charge in [-0.2, -0.15) is 0 Å². The molecule has 0 atom stereocenters. The van der Waals surface area contributed by atoms with Gasteiger partial charge in [0.2, 0.25) is 0 Å². The van der Waals surface area contributed by atoms with Gasteiger partial charge in [-0.15, -0.1) is 0 Å². The zero-order valence-corrected chi connectivity index (χ0v) is 10.6. The highest BCUT2D eigenvalue weighted by molar-refractivity contribution is 5.10. The molecule has 0 bridgehead atoms. The lowest BCUT2D eigenvalue weighted by molar-refractivity contribution is 0.595. The Balaban J connectivity index is 3.15. The van der Waals surface area contributed by atoms with Gasteiger partial charge in [0.1, 0.15) is 0 Å². The summed E-state index contributed by atoms with van der Waals surface area (Å²) in [4.78, 5) is 0. The van der Waals surface area contributed by atoms with Gasteiger partial charge in [-0.25, -0.2) is 0 Å². The standard InChI is InChI=1S/C16H26/c1-5-15(3)13-11-9-7-8-10-12-14-16(4)6-2/h5-6H,1-4,7-14H2. The fourth-order valence-corrected chi connectivity index (χ4v) is 1.62. The number of rotatable bonds is 11. The largest absolute Gasteiger partial charge is 0.0988 e. The lowest BCUT2D eigenvalue weighted by Crippen LogP contribution is -1.83. The van der Waals surface area contributed by atoms with Crippen molar-refractivity contribution in [2.45, 2.75) is 51.4 Å². The summed E-state index contributed by atoms with van der Waals surface area (Å²) in [6.45, 7) is 15.2. The summed E-state index contributed by atoms with van der Waals surface area (Å²) in [5, 5.41) is 0.